The molecule has 25 heavy (non-hydrogen) atoms. The summed E-state index contributed by atoms with van der Waals surface area (Å²) in [4.78, 5) is 29.2. The molecule has 1 aromatic heterocycles. The number of carbonyl (C=O) groups excluding carboxylic acids is 2. The second-order valence-corrected chi connectivity index (χ2v) is 8.40. The van der Waals surface area contributed by atoms with Gasteiger partial charge in [-0.15, -0.1) is 0 Å². The number of nitrogens with zero attached hydrogens (tertiary/aromatic N) is 3. The summed E-state index contributed by atoms with van der Waals surface area (Å²) < 4.78 is 2.05. The number of urea groups is 1. The molecule has 2 fully saturated rings. The number of aromatic nitrogens is 1. The average molecular weight is 346 g/mol. The van der Waals surface area contributed by atoms with Crippen molar-refractivity contribution in [2.45, 2.75) is 70.6 Å². The predicted molar refractivity (Wildman–Crippen MR) is 97.0 cm³/mol. The summed E-state index contributed by atoms with van der Waals surface area (Å²) >= 11 is 0. The molecule has 1 N–H and O–H groups in total. The smallest absolute Gasteiger partial charge is 0.318 e. The van der Waals surface area contributed by atoms with Crippen molar-refractivity contribution >= 4 is 11.9 Å². The SMILES string of the molecule is Cn1cccc1CN(C(=O)CN(C(=O)NC(C)(C)C)C1CC1)C1CC1. The van der Waals surface area contributed by atoms with E-state index < -0.39 is 0 Å². The number of nitrogens with one attached hydrogen (secondary N) is 1. The van der Waals surface area contributed by atoms with E-state index >= 15 is 0 Å². The third-order valence-corrected chi connectivity index (χ3v) is 4.73. The molecule has 0 spiro atoms. The van der Waals surface area contributed by atoms with Crippen LogP contribution in [0, 0.1) is 0 Å². The molecule has 1 aromatic rings. The zero-order valence-electron chi connectivity index (χ0n) is 15.8. The maximum atomic E-state index is 13.0. The lowest BCUT2D eigenvalue weighted by molar-refractivity contribution is -0.133. The summed E-state index contributed by atoms with van der Waals surface area (Å²) in [5.74, 6) is 0.0552. The van der Waals surface area contributed by atoms with Gasteiger partial charge < -0.3 is 19.7 Å². The van der Waals surface area contributed by atoms with Gasteiger partial charge in [0.15, 0.2) is 0 Å². The zero-order valence-corrected chi connectivity index (χ0v) is 15.8. The van der Waals surface area contributed by atoms with Crippen LogP contribution in [0.3, 0.4) is 0 Å². The van der Waals surface area contributed by atoms with Crippen LogP contribution in [0.4, 0.5) is 4.79 Å². The minimum atomic E-state index is -0.299. The van der Waals surface area contributed by atoms with Gasteiger partial charge in [-0.3, -0.25) is 4.79 Å². The molecule has 3 amide bonds. The van der Waals surface area contributed by atoms with Crippen LogP contribution in [0.25, 0.3) is 0 Å². The Balaban J connectivity index is 1.66. The highest BCUT2D eigenvalue weighted by Gasteiger charge is 2.38. The highest BCUT2D eigenvalue weighted by atomic mass is 16.2. The van der Waals surface area contributed by atoms with E-state index in [0.29, 0.717) is 12.6 Å². The van der Waals surface area contributed by atoms with Gasteiger partial charge in [-0.1, -0.05) is 0 Å². The van der Waals surface area contributed by atoms with Crippen LogP contribution in [-0.4, -0.2) is 50.5 Å². The fourth-order valence-electron chi connectivity index (χ4n) is 3.02. The van der Waals surface area contributed by atoms with Crippen LogP contribution >= 0.6 is 0 Å². The number of hydrogen-bond acceptors (Lipinski definition) is 2. The first kappa shape index (κ1) is 17.8. The van der Waals surface area contributed by atoms with Gasteiger partial charge in [0.2, 0.25) is 5.91 Å². The minimum absolute atomic E-state index is 0.0552. The van der Waals surface area contributed by atoms with Crippen molar-refractivity contribution in [1.29, 1.82) is 0 Å². The number of hydrogen-bond donors (Lipinski definition) is 1. The molecule has 2 aliphatic carbocycles. The van der Waals surface area contributed by atoms with Crippen LogP contribution in [0.2, 0.25) is 0 Å². The molecule has 0 atom stereocenters. The van der Waals surface area contributed by atoms with E-state index in [4.69, 9.17) is 0 Å². The summed E-state index contributed by atoms with van der Waals surface area (Å²) in [6, 6.07) is 4.46. The molecular weight excluding hydrogens is 316 g/mol. The molecule has 0 bridgehead atoms. The van der Waals surface area contributed by atoms with Gasteiger partial charge in [0.1, 0.15) is 6.54 Å². The molecular formula is C19H30N4O2. The molecule has 1 heterocycles. The van der Waals surface area contributed by atoms with Gasteiger partial charge in [-0.05, 0) is 58.6 Å². The molecule has 6 nitrogen and oxygen atoms in total. The van der Waals surface area contributed by atoms with Crippen molar-refractivity contribution in [2.24, 2.45) is 7.05 Å². The maximum Gasteiger partial charge on any atom is 0.318 e. The second kappa shape index (κ2) is 6.73. The lowest BCUT2D eigenvalue weighted by atomic mass is 10.1. The number of aryl methyl sites for hydroxylation is 1. The quantitative estimate of drug-likeness (QED) is 0.860. The molecule has 0 radical (unpaired) electrons. The fraction of sp³-hybridized carbons (Fsp3) is 0.684. The predicted octanol–water partition coefficient (Wildman–Crippen LogP) is 2.49. The highest BCUT2D eigenvalue weighted by Crippen LogP contribution is 2.31. The molecule has 2 saturated carbocycles. The largest absolute Gasteiger partial charge is 0.353 e. The summed E-state index contributed by atoms with van der Waals surface area (Å²) in [5.41, 5.74) is 0.823. The molecule has 0 aliphatic heterocycles. The van der Waals surface area contributed by atoms with Crippen molar-refractivity contribution in [3.8, 4) is 0 Å². The first-order valence-corrected chi connectivity index (χ1v) is 9.23. The van der Waals surface area contributed by atoms with Crippen molar-refractivity contribution in [2.75, 3.05) is 6.54 Å². The molecule has 0 unspecified atom stereocenters. The van der Waals surface area contributed by atoms with E-state index in [0.717, 1.165) is 31.4 Å². The van der Waals surface area contributed by atoms with Crippen LogP contribution in [-0.2, 0) is 18.4 Å². The summed E-state index contributed by atoms with van der Waals surface area (Å²) in [6.45, 7) is 6.68. The fourth-order valence-corrected chi connectivity index (χ4v) is 3.02. The first-order chi connectivity index (χ1) is 11.7. The van der Waals surface area contributed by atoms with Gasteiger partial charge in [-0.2, -0.15) is 0 Å². The molecule has 3 rings (SSSR count). The zero-order chi connectivity index (χ0) is 18.2. The van der Waals surface area contributed by atoms with Crippen molar-refractivity contribution < 1.29 is 9.59 Å². The van der Waals surface area contributed by atoms with Crippen LogP contribution in [0.1, 0.15) is 52.1 Å². The number of rotatable bonds is 6. The van der Waals surface area contributed by atoms with Crippen molar-refractivity contribution in [1.82, 2.24) is 19.7 Å². The normalized spacial score (nSPS) is 17.3. The Labute approximate surface area is 150 Å². The third-order valence-electron chi connectivity index (χ3n) is 4.73. The van der Waals surface area contributed by atoms with Gasteiger partial charge >= 0.3 is 6.03 Å². The Morgan fingerprint density at radius 2 is 1.76 bits per heavy atom. The first-order valence-electron chi connectivity index (χ1n) is 9.23. The van der Waals surface area contributed by atoms with Crippen LogP contribution < -0.4 is 5.32 Å². The lowest BCUT2D eigenvalue weighted by Gasteiger charge is -2.30. The molecule has 0 aromatic carbocycles. The van der Waals surface area contributed by atoms with Crippen LogP contribution in [0.5, 0.6) is 0 Å². The second-order valence-electron chi connectivity index (χ2n) is 8.40. The average Bonchev–Trinajstić information content (AvgIpc) is 3.40. The van der Waals surface area contributed by atoms with E-state index in [9.17, 15) is 9.59 Å². The van der Waals surface area contributed by atoms with Crippen LogP contribution in [0.15, 0.2) is 18.3 Å². The third kappa shape index (κ3) is 4.77. The Morgan fingerprint density at radius 3 is 2.24 bits per heavy atom. The van der Waals surface area contributed by atoms with Crippen molar-refractivity contribution in [3.05, 3.63) is 24.0 Å². The van der Waals surface area contributed by atoms with Gasteiger partial charge in [0.25, 0.3) is 0 Å². The molecule has 138 valence electrons. The van der Waals surface area contributed by atoms with Gasteiger partial charge in [0, 0.05) is 36.6 Å². The molecule has 2 aliphatic rings. The molecule has 0 saturated heterocycles. The standard InChI is InChI=1S/C19H30N4O2/c1-19(2,3)20-18(25)23(15-9-10-15)13-17(24)22(14-7-8-14)12-16-6-5-11-21(16)4/h5-6,11,14-15H,7-10,12-13H2,1-4H3,(H,20,25). The number of carbonyl (C=O) groups is 2. The Kier molecular flexibility index (Phi) is 4.80. The summed E-state index contributed by atoms with van der Waals surface area (Å²) in [5, 5.41) is 3.00. The summed E-state index contributed by atoms with van der Waals surface area (Å²) in [6.07, 6.45) is 6.11. The number of amides is 3. The van der Waals surface area contributed by atoms with Gasteiger partial charge in [0.05, 0.1) is 6.54 Å². The Bertz CT molecular complexity index is 638. The Hall–Kier alpha value is -1.98. The van der Waals surface area contributed by atoms with Crippen molar-refractivity contribution in [3.63, 3.8) is 0 Å². The molecule has 6 heteroatoms. The minimum Gasteiger partial charge on any atom is -0.353 e. The maximum absolute atomic E-state index is 13.0. The van der Waals surface area contributed by atoms with E-state index in [-0.39, 0.29) is 30.1 Å². The van der Waals surface area contributed by atoms with E-state index in [1.54, 1.807) is 4.90 Å². The highest BCUT2D eigenvalue weighted by molar-refractivity contribution is 5.85. The lowest BCUT2D eigenvalue weighted by Crippen LogP contribution is -2.52. The topological polar surface area (TPSA) is 57.6 Å². The Morgan fingerprint density at radius 1 is 1.16 bits per heavy atom. The van der Waals surface area contributed by atoms with Gasteiger partial charge in [-0.25, -0.2) is 4.79 Å². The summed E-state index contributed by atoms with van der Waals surface area (Å²) in [7, 11) is 2.00. The monoisotopic (exact) mass is 346 g/mol. The van der Waals surface area contributed by atoms with E-state index in [1.807, 2.05) is 55.6 Å². The van der Waals surface area contributed by atoms with E-state index in [2.05, 4.69) is 5.32 Å². The van der Waals surface area contributed by atoms with E-state index in [1.165, 1.54) is 0 Å².